The summed E-state index contributed by atoms with van der Waals surface area (Å²) in [6.07, 6.45) is 3.19. The maximum absolute atomic E-state index is 5.89. The van der Waals surface area contributed by atoms with Crippen LogP contribution in [-0.4, -0.2) is 6.10 Å². The molecule has 2 atom stereocenters. The van der Waals surface area contributed by atoms with E-state index in [9.17, 15) is 0 Å². The molecule has 0 amide bonds. The van der Waals surface area contributed by atoms with E-state index in [4.69, 9.17) is 4.74 Å². The van der Waals surface area contributed by atoms with E-state index in [-0.39, 0.29) is 0 Å². The van der Waals surface area contributed by atoms with Crippen LogP contribution in [0.4, 0.5) is 0 Å². The fourth-order valence-electron chi connectivity index (χ4n) is 4.35. The molecule has 0 aromatic heterocycles. The molecule has 0 bridgehead atoms. The first-order valence-corrected chi connectivity index (χ1v) is 7.75. The number of epoxide rings is 1. The normalized spacial score (nSPS) is 23.6. The highest BCUT2D eigenvalue weighted by Crippen LogP contribution is 2.51. The standard InChI is InChI=1S/C20H14O/c1-2-11-4-5-13-10-14-7-9-16-20(21-16)19(14)15-8-6-12(3-1)17(11)18(13)15/h1-6,8,10,16,20H,7,9H2. The summed E-state index contributed by atoms with van der Waals surface area (Å²) in [5, 5.41) is 8.33. The second-order valence-corrected chi connectivity index (χ2v) is 6.44. The summed E-state index contributed by atoms with van der Waals surface area (Å²) >= 11 is 0. The Morgan fingerprint density at radius 2 is 1.67 bits per heavy atom. The lowest BCUT2D eigenvalue weighted by Gasteiger charge is -2.19. The van der Waals surface area contributed by atoms with Gasteiger partial charge in [-0.05, 0) is 56.3 Å². The molecule has 4 aromatic rings. The molecule has 4 aromatic carbocycles. The molecule has 6 rings (SSSR count). The monoisotopic (exact) mass is 270 g/mol. The zero-order valence-electron chi connectivity index (χ0n) is 11.6. The van der Waals surface area contributed by atoms with Gasteiger partial charge in [0.15, 0.2) is 0 Å². The van der Waals surface area contributed by atoms with Crippen molar-refractivity contribution in [3.63, 3.8) is 0 Å². The maximum Gasteiger partial charge on any atom is 0.110 e. The van der Waals surface area contributed by atoms with Crippen LogP contribution in [0.25, 0.3) is 32.3 Å². The van der Waals surface area contributed by atoms with Gasteiger partial charge in [0.25, 0.3) is 0 Å². The zero-order chi connectivity index (χ0) is 13.6. The van der Waals surface area contributed by atoms with Crippen molar-refractivity contribution in [1.29, 1.82) is 0 Å². The minimum absolute atomic E-state index is 0.360. The van der Waals surface area contributed by atoms with Gasteiger partial charge in [0.05, 0.1) is 6.10 Å². The van der Waals surface area contributed by atoms with Gasteiger partial charge in [-0.25, -0.2) is 0 Å². The molecule has 2 aliphatic rings. The highest BCUT2D eigenvalue weighted by molar-refractivity contribution is 6.23. The minimum atomic E-state index is 0.360. The molecule has 0 radical (unpaired) electrons. The highest BCUT2D eigenvalue weighted by Gasteiger charge is 2.45. The van der Waals surface area contributed by atoms with Crippen molar-refractivity contribution in [3.05, 3.63) is 59.7 Å². The highest BCUT2D eigenvalue weighted by atomic mass is 16.6. The van der Waals surface area contributed by atoms with Crippen LogP contribution >= 0.6 is 0 Å². The van der Waals surface area contributed by atoms with Gasteiger partial charge in [-0.15, -0.1) is 0 Å². The van der Waals surface area contributed by atoms with Gasteiger partial charge >= 0.3 is 0 Å². The Labute approximate surface area is 122 Å². The van der Waals surface area contributed by atoms with Gasteiger partial charge in [0, 0.05) is 0 Å². The van der Waals surface area contributed by atoms with Crippen molar-refractivity contribution in [1.82, 2.24) is 0 Å². The first-order chi connectivity index (χ1) is 10.4. The van der Waals surface area contributed by atoms with E-state index in [0.717, 1.165) is 6.42 Å². The predicted octanol–water partition coefficient (Wildman–Crippen LogP) is 4.97. The SMILES string of the molecule is c1cc2ccc3cc4c(c5ccc(c1)c2c35)C1OC1CC4. The molecule has 1 nitrogen and oxygen atoms in total. The van der Waals surface area contributed by atoms with Gasteiger partial charge in [-0.1, -0.05) is 48.5 Å². The lowest BCUT2D eigenvalue weighted by molar-refractivity contribution is 0.373. The van der Waals surface area contributed by atoms with Gasteiger partial charge in [0.1, 0.15) is 6.10 Å². The van der Waals surface area contributed by atoms with E-state index in [2.05, 4.69) is 48.5 Å². The van der Waals surface area contributed by atoms with Gasteiger partial charge in [-0.3, -0.25) is 0 Å². The Morgan fingerprint density at radius 1 is 0.857 bits per heavy atom. The first-order valence-electron chi connectivity index (χ1n) is 7.75. The number of ether oxygens (including phenoxy) is 1. The summed E-state index contributed by atoms with van der Waals surface area (Å²) in [7, 11) is 0. The zero-order valence-corrected chi connectivity index (χ0v) is 11.6. The quantitative estimate of drug-likeness (QED) is 0.324. The Bertz CT molecular complexity index is 1010. The van der Waals surface area contributed by atoms with Crippen LogP contribution in [0.5, 0.6) is 0 Å². The third-order valence-corrected chi connectivity index (χ3v) is 5.34. The summed E-state index contributed by atoms with van der Waals surface area (Å²) < 4.78 is 5.89. The molecule has 21 heavy (non-hydrogen) atoms. The predicted molar refractivity (Wildman–Crippen MR) is 86.1 cm³/mol. The first kappa shape index (κ1) is 10.6. The van der Waals surface area contributed by atoms with E-state index in [0.29, 0.717) is 12.2 Å². The van der Waals surface area contributed by atoms with E-state index in [1.54, 1.807) is 0 Å². The topological polar surface area (TPSA) is 12.5 Å². The van der Waals surface area contributed by atoms with Crippen molar-refractivity contribution in [2.24, 2.45) is 0 Å². The van der Waals surface area contributed by atoms with Crippen LogP contribution < -0.4 is 0 Å². The number of benzene rings is 4. The number of hydrogen-bond acceptors (Lipinski definition) is 1. The fraction of sp³-hybridized carbons (Fsp3) is 0.200. The Kier molecular flexibility index (Phi) is 1.70. The number of rotatable bonds is 0. The van der Waals surface area contributed by atoms with Crippen LogP contribution in [0.3, 0.4) is 0 Å². The Morgan fingerprint density at radius 3 is 2.57 bits per heavy atom. The van der Waals surface area contributed by atoms with E-state index >= 15 is 0 Å². The molecular formula is C20H14O. The van der Waals surface area contributed by atoms with Crippen molar-refractivity contribution >= 4 is 32.3 Å². The molecule has 1 heteroatoms. The summed E-state index contributed by atoms with van der Waals surface area (Å²) in [5.74, 6) is 0. The van der Waals surface area contributed by atoms with Crippen molar-refractivity contribution in [2.75, 3.05) is 0 Å². The average Bonchev–Trinajstić information content (AvgIpc) is 3.31. The summed E-state index contributed by atoms with van der Waals surface area (Å²) in [4.78, 5) is 0. The number of fused-ring (bicyclic) bond motifs is 4. The average molecular weight is 270 g/mol. The third-order valence-electron chi connectivity index (χ3n) is 5.34. The smallest absolute Gasteiger partial charge is 0.110 e. The molecule has 2 unspecified atom stereocenters. The van der Waals surface area contributed by atoms with E-state index in [1.807, 2.05) is 0 Å². The van der Waals surface area contributed by atoms with Gasteiger partial charge < -0.3 is 4.74 Å². The van der Waals surface area contributed by atoms with Crippen molar-refractivity contribution in [2.45, 2.75) is 25.0 Å². The molecule has 1 aliphatic carbocycles. The van der Waals surface area contributed by atoms with Crippen LogP contribution in [0.15, 0.2) is 48.5 Å². The summed E-state index contributed by atoms with van der Waals surface area (Å²) in [5.41, 5.74) is 2.97. The van der Waals surface area contributed by atoms with Crippen molar-refractivity contribution in [3.8, 4) is 0 Å². The van der Waals surface area contributed by atoms with Gasteiger partial charge in [0.2, 0.25) is 0 Å². The summed E-state index contributed by atoms with van der Waals surface area (Å²) in [6.45, 7) is 0. The fourth-order valence-corrected chi connectivity index (χ4v) is 4.35. The molecule has 1 aliphatic heterocycles. The lowest BCUT2D eigenvalue weighted by atomic mass is 9.84. The van der Waals surface area contributed by atoms with E-state index in [1.165, 1.54) is 49.9 Å². The van der Waals surface area contributed by atoms with Crippen LogP contribution in [0.1, 0.15) is 23.7 Å². The molecule has 0 N–H and O–H groups in total. The molecular weight excluding hydrogens is 256 g/mol. The van der Waals surface area contributed by atoms with Crippen LogP contribution in [-0.2, 0) is 11.2 Å². The second-order valence-electron chi connectivity index (χ2n) is 6.44. The molecule has 0 saturated carbocycles. The van der Waals surface area contributed by atoms with Gasteiger partial charge in [-0.2, -0.15) is 0 Å². The molecule has 1 fully saturated rings. The molecule has 100 valence electrons. The lowest BCUT2D eigenvalue weighted by Crippen LogP contribution is -2.05. The van der Waals surface area contributed by atoms with Crippen molar-refractivity contribution < 1.29 is 4.74 Å². The molecule has 1 saturated heterocycles. The maximum atomic E-state index is 5.89. The van der Waals surface area contributed by atoms with Crippen LogP contribution in [0, 0.1) is 0 Å². The summed E-state index contributed by atoms with van der Waals surface area (Å²) in [6, 6.07) is 18.1. The Hall–Kier alpha value is -2.12. The minimum Gasteiger partial charge on any atom is -0.364 e. The Balaban J connectivity index is 1.91. The molecule has 1 heterocycles. The largest absolute Gasteiger partial charge is 0.364 e. The second kappa shape index (κ2) is 3.37. The number of aryl methyl sites for hydroxylation is 1. The molecule has 0 spiro atoms. The van der Waals surface area contributed by atoms with Crippen LogP contribution in [0.2, 0.25) is 0 Å². The van der Waals surface area contributed by atoms with E-state index < -0.39 is 0 Å². The third kappa shape index (κ3) is 1.22. The number of hydrogen-bond donors (Lipinski definition) is 0.